The zero-order valence-electron chi connectivity index (χ0n) is 9.67. The summed E-state index contributed by atoms with van der Waals surface area (Å²) < 4.78 is 17.6. The van der Waals surface area contributed by atoms with Crippen LogP contribution in [0.1, 0.15) is 12.1 Å². The number of amidine groups is 1. The smallest absolute Gasteiger partial charge is 0.199 e. The highest BCUT2D eigenvalue weighted by Crippen LogP contribution is 2.41. The number of aromatic nitrogens is 2. The molecule has 0 bridgehead atoms. The van der Waals surface area contributed by atoms with E-state index < -0.39 is 0 Å². The Morgan fingerprint density at radius 2 is 2.42 bits per heavy atom. The van der Waals surface area contributed by atoms with E-state index in [-0.39, 0.29) is 29.1 Å². The van der Waals surface area contributed by atoms with E-state index in [0.29, 0.717) is 12.1 Å². The van der Waals surface area contributed by atoms with E-state index in [4.69, 9.17) is 10.9 Å². The second kappa shape index (κ2) is 4.32. The first-order valence-electron chi connectivity index (χ1n) is 5.54. The van der Waals surface area contributed by atoms with Crippen molar-refractivity contribution in [2.45, 2.75) is 6.42 Å². The van der Waals surface area contributed by atoms with Crippen molar-refractivity contribution in [2.24, 2.45) is 10.9 Å². The molecule has 0 amide bonds. The Morgan fingerprint density at radius 3 is 3.11 bits per heavy atom. The van der Waals surface area contributed by atoms with E-state index in [1.165, 1.54) is 12.2 Å². The van der Waals surface area contributed by atoms with Gasteiger partial charge in [0, 0.05) is 18.0 Å². The molecular formula is C11H10FN5O2. The lowest BCUT2D eigenvalue weighted by atomic mass is 9.79. The molecule has 0 saturated carbocycles. The van der Waals surface area contributed by atoms with E-state index in [1.807, 2.05) is 5.48 Å². The first-order chi connectivity index (χ1) is 9.19. The molecule has 2 aliphatic rings. The highest BCUT2D eigenvalue weighted by atomic mass is 19.1. The van der Waals surface area contributed by atoms with Gasteiger partial charge in [0.05, 0.1) is 0 Å². The summed E-state index contributed by atoms with van der Waals surface area (Å²) in [6.45, 7) is 0. The number of allylic oxidation sites excluding steroid dienone is 6. The van der Waals surface area contributed by atoms with E-state index in [9.17, 15) is 4.39 Å². The number of hydroxylamine groups is 1. The molecular weight excluding hydrogens is 253 g/mol. The number of nitrogen functional groups attached to an aromatic ring is 1. The van der Waals surface area contributed by atoms with Gasteiger partial charge in [0.15, 0.2) is 17.3 Å². The molecule has 0 radical (unpaired) electrons. The third kappa shape index (κ3) is 1.91. The summed E-state index contributed by atoms with van der Waals surface area (Å²) in [6, 6.07) is 0. The number of nitrogens with one attached hydrogen (secondary N) is 1. The minimum Gasteiger partial charge on any atom is -0.379 e. The van der Waals surface area contributed by atoms with Gasteiger partial charge in [-0.1, -0.05) is 6.08 Å². The molecule has 7 nitrogen and oxygen atoms in total. The number of aliphatic imine (C=N–C) groups is 1. The van der Waals surface area contributed by atoms with Gasteiger partial charge in [-0.2, -0.15) is 0 Å². The van der Waals surface area contributed by atoms with Crippen molar-refractivity contribution < 1.29 is 14.2 Å². The van der Waals surface area contributed by atoms with Gasteiger partial charge >= 0.3 is 0 Å². The van der Waals surface area contributed by atoms with E-state index >= 15 is 0 Å². The summed E-state index contributed by atoms with van der Waals surface area (Å²) in [5, 5.41) is 16.0. The molecule has 1 unspecified atom stereocenters. The largest absolute Gasteiger partial charge is 0.379 e. The predicted molar refractivity (Wildman–Crippen MR) is 63.6 cm³/mol. The third-order valence-electron chi connectivity index (χ3n) is 3.02. The second-order valence-electron chi connectivity index (χ2n) is 4.17. The summed E-state index contributed by atoms with van der Waals surface area (Å²) >= 11 is 0. The number of anilines is 1. The summed E-state index contributed by atoms with van der Waals surface area (Å²) in [6.07, 6.45) is 5.29. The van der Waals surface area contributed by atoms with Crippen LogP contribution in [-0.4, -0.2) is 21.4 Å². The molecule has 19 heavy (non-hydrogen) atoms. The number of rotatable bonds is 2. The van der Waals surface area contributed by atoms with E-state index in [2.05, 4.69) is 19.9 Å². The molecule has 98 valence electrons. The summed E-state index contributed by atoms with van der Waals surface area (Å²) in [5.74, 6) is -0.124. The highest BCUT2D eigenvalue weighted by Gasteiger charge is 2.29. The number of fused-ring (bicyclic) bond motifs is 1. The molecule has 4 N–H and O–H groups in total. The quantitative estimate of drug-likeness (QED) is 0.418. The number of nitrogens with two attached hydrogens (primary N) is 1. The molecule has 0 aliphatic heterocycles. The van der Waals surface area contributed by atoms with Crippen molar-refractivity contribution in [1.29, 1.82) is 0 Å². The van der Waals surface area contributed by atoms with Crippen LogP contribution in [0.4, 0.5) is 10.2 Å². The van der Waals surface area contributed by atoms with Crippen LogP contribution >= 0.6 is 0 Å². The molecule has 0 spiro atoms. The second-order valence-corrected chi connectivity index (χ2v) is 4.17. The van der Waals surface area contributed by atoms with Gasteiger partial charge in [0.2, 0.25) is 0 Å². The third-order valence-corrected chi connectivity index (χ3v) is 3.02. The Morgan fingerprint density at radius 1 is 1.58 bits per heavy atom. The first-order valence-corrected chi connectivity index (χ1v) is 5.54. The lowest BCUT2D eigenvalue weighted by molar-refractivity contribution is 0.233. The minimum absolute atomic E-state index is 0.00651. The zero-order valence-corrected chi connectivity index (χ0v) is 9.67. The maximum absolute atomic E-state index is 13.1. The maximum Gasteiger partial charge on any atom is 0.199 e. The van der Waals surface area contributed by atoms with Crippen molar-refractivity contribution in [2.75, 3.05) is 5.73 Å². The van der Waals surface area contributed by atoms with Crippen LogP contribution in [-0.2, 0) is 0 Å². The SMILES string of the molecule is Nc1nonc1C(=NC1=C2C=C(F)C=CC2C1)NO. The molecule has 1 atom stereocenters. The normalized spacial score (nSPS) is 21.9. The molecule has 1 heterocycles. The molecule has 2 aliphatic carbocycles. The fourth-order valence-corrected chi connectivity index (χ4v) is 2.02. The molecule has 1 aromatic rings. The van der Waals surface area contributed by atoms with Gasteiger partial charge in [-0.15, -0.1) is 0 Å². The monoisotopic (exact) mass is 263 g/mol. The highest BCUT2D eigenvalue weighted by molar-refractivity contribution is 6.00. The van der Waals surface area contributed by atoms with Crippen LogP contribution in [0.2, 0.25) is 0 Å². The van der Waals surface area contributed by atoms with Gasteiger partial charge in [-0.3, -0.25) is 10.7 Å². The minimum atomic E-state index is -0.320. The number of nitrogens with zero attached hydrogens (tertiary/aromatic N) is 3. The Labute approximate surface area is 106 Å². The topological polar surface area (TPSA) is 110 Å². The molecule has 1 aromatic heterocycles. The lowest BCUT2D eigenvalue weighted by Gasteiger charge is -2.29. The van der Waals surface area contributed by atoms with Crippen molar-refractivity contribution in [3.05, 3.63) is 41.0 Å². The summed E-state index contributed by atoms with van der Waals surface area (Å²) in [7, 11) is 0. The van der Waals surface area contributed by atoms with Crippen LogP contribution < -0.4 is 11.2 Å². The van der Waals surface area contributed by atoms with Gasteiger partial charge in [0.1, 0.15) is 5.83 Å². The van der Waals surface area contributed by atoms with Crippen LogP contribution in [0.15, 0.2) is 44.9 Å². The van der Waals surface area contributed by atoms with Crippen molar-refractivity contribution in [3.8, 4) is 0 Å². The molecule has 8 heteroatoms. The average Bonchev–Trinajstić information content (AvgIpc) is 2.80. The number of halogens is 1. The van der Waals surface area contributed by atoms with Gasteiger partial charge < -0.3 is 5.73 Å². The van der Waals surface area contributed by atoms with Crippen molar-refractivity contribution in [3.63, 3.8) is 0 Å². The molecule has 0 fully saturated rings. The number of hydrogen-bond donors (Lipinski definition) is 3. The fourth-order valence-electron chi connectivity index (χ4n) is 2.02. The number of hydrogen-bond acceptors (Lipinski definition) is 6. The van der Waals surface area contributed by atoms with Crippen LogP contribution in [0.25, 0.3) is 0 Å². The standard InChI is InChI=1S/C11H10FN5O2/c12-6-2-1-5-3-8(7(5)4-6)14-11(15-18)9-10(13)17-19-16-9/h1-2,4-5,18H,3H2,(H2,13,17)(H,14,15). The molecule has 3 rings (SSSR count). The van der Waals surface area contributed by atoms with Crippen LogP contribution in [0, 0.1) is 5.92 Å². The average molecular weight is 263 g/mol. The summed E-state index contributed by atoms with van der Waals surface area (Å²) in [4.78, 5) is 4.17. The maximum atomic E-state index is 13.1. The van der Waals surface area contributed by atoms with Crippen molar-refractivity contribution >= 4 is 11.7 Å². The van der Waals surface area contributed by atoms with Crippen molar-refractivity contribution in [1.82, 2.24) is 15.8 Å². The van der Waals surface area contributed by atoms with Crippen LogP contribution in [0.5, 0.6) is 0 Å². The Hall–Kier alpha value is -2.48. The van der Waals surface area contributed by atoms with Crippen LogP contribution in [0.3, 0.4) is 0 Å². The predicted octanol–water partition coefficient (Wildman–Crippen LogP) is 1.07. The summed E-state index contributed by atoms with van der Waals surface area (Å²) in [5.41, 5.74) is 8.94. The Kier molecular flexibility index (Phi) is 2.64. The Balaban J connectivity index is 1.96. The lowest BCUT2D eigenvalue weighted by Crippen LogP contribution is -2.25. The first kappa shape index (κ1) is 11.6. The van der Waals surface area contributed by atoms with E-state index in [0.717, 1.165) is 5.57 Å². The van der Waals surface area contributed by atoms with Gasteiger partial charge in [0.25, 0.3) is 0 Å². The Bertz CT molecular complexity index is 643. The zero-order chi connectivity index (χ0) is 13.4. The molecule has 0 aromatic carbocycles. The van der Waals surface area contributed by atoms with E-state index in [1.54, 1.807) is 6.08 Å². The molecule has 0 saturated heterocycles. The van der Waals surface area contributed by atoms with Gasteiger partial charge in [-0.25, -0.2) is 14.0 Å². The van der Waals surface area contributed by atoms with Gasteiger partial charge in [-0.05, 0) is 28.0 Å². The fraction of sp³-hybridized carbons (Fsp3) is 0.182.